The minimum atomic E-state index is -0.549. The summed E-state index contributed by atoms with van der Waals surface area (Å²) in [6.07, 6.45) is 0. The highest BCUT2D eigenvalue weighted by atomic mass is 79.9. The average Bonchev–Trinajstić information content (AvgIpc) is 2.86. The Balaban J connectivity index is 1.98. The molecule has 0 spiro atoms. The summed E-state index contributed by atoms with van der Waals surface area (Å²) >= 11 is 10.7. The maximum Gasteiger partial charge on any atom is 0.293 e. The van der Waals surface area contributed by atoms with E-state index in [0.29, 0.717) is 14.4 Å². The van der Waals surface area contributed by atoms with E-state index in [0.717, 1.165) is 10.1 Å². The van der Waals surface area contributed by atoms with Crippen LogP contribution in [-0.4, -0.2) is 10.8 Å². The lowest BCUT2D eigenvalue weighted by Crippen LogP contribution is -2.12. The van der Waals surface area contributed by atoms with Crippen LogP contribution >= 0.6 is 38.9 Å². The van der Waals surface area contributed by atoms with Crippen molar-refractivity contribution in [1.29, 1.82) is 0 Å². The Bertz CT molecular complexity index is 942. The van der Waals surface area contributed by atoms with E-state index >= 15 is 0 Å². The lowest BCUT2D eigenvalue weighted by Gasteiger charge is -2.05. The zero-order valence-corrected chi connectivity index (χ0v) is 14.5. The Morgan fingerprint density at radius 3 is 2.70 bits per heavy atom. The van der Waals surface area contributed by atoms with Crippen LogP contribution in [0.2, 0.25) is 5.02 Å². The fourth-order valence-electron chi connectivity index (χ4n) is 2.10. The fraction of sp³-hybridized carbons (Fsp3) is 0. The van der Waals surface area contributed by atoms with Gasteiger partial charge in [0.05, 0.1) is 9.95 Å². The van der Waals surface area contributed by atoms with Gasteiger partial charge in [-0.05, 0) is 18.2 Å². The summed E-state index contributed by atoms with van der Waals surface area (Å²) in [6.45, 7) is 0. The standard InChI is InChI=1S/C15H8BrClN2O3S/c16-8-5-6-10(11(7-8)19(21)22)18-15(20)14-13(17)9-3-1-2-4-12(9)23-14/h1-7H,(H,18,20). The molecule has 23 heavy (non-hydrogen) atoms. The molecule has 0 saturated heterocycles. The van der Waals surface area contributed by atoms with Gasteiger partial charge in [0.1, 0.15) is 10.6 Å². The number of nitro benzene ring substituents is 1. The highest BCUT2D eigenvalue weighted by molar-refractivity contribution is 9.10. The van der Waals surface area contributed by atoms with Crippen LogP contribution in [0.1, 0.15) is 9.67 Å². The second-order valence-electron chi connectivity index (χ2n) is 4.61. The van der Waals surface area contributed by atoms with E-state index in [4.69, 9.17) is 11.6 Å². The molecule has 1 aromatic heterocycles. The molecule has 0 atom stereocenters. The fourth-order valence-corrected chi connectivity index (χ4v) is 3.86. The number of carbonyl (C=O) groups excluding carboxylic acids is 1. The molecule has 116 valence electrons. The maximum atomic E-state index is 12.4. The molecular weight excluding hydrogens is 404 g/mol. The van der Waals surface area contributed by atoms with E-state index in [2.05, 4.69) is 21.2 Å². The minimum absolute atomic E-state index is 0.122. The quantitative estimate of drug-likeness (QED) is 0.458. The smallest absolute Gasteiger partial charge is 0.293 e. The lowest BCUT2D eigenvalue weighted by molar-refractivity contribution is -0.384. The number of fused-ring (bicyclic) bond motifs is 1. The van der Waals surface area contributed by atoms with Gasteiger partial charge in [0.2, 0.25) is 0 Å². The number of amides is 1. The summed E-state index contributed by atoms with van der Waals surface area (Å²) in [5, 5.41) is 14.8. The van der Waals surface area contributed by atoms with Crippen molar-refractivity contribution >= 4 is 66.2 Å². The lowest BCUT2D eigenvalue weighted by atomic mass is 10.2. The zero-order valence-electron chi connectivity index (χ0n) is 11.4. The van der Waals surface area contributed by atoms with E-state index in [9.17, 15) is 14.9 Å². The molecule has 1 amide bonds. The number of hydrogen-bond acceptors (Lipinski definition) is 4. The summed E-state index contributed by atoms with van der Waals surface area (Å²) in [5.41, 5.74) is -0.0679. The Kier molecular flexibility index (Phi) is 4.34. The number of hydrogen-bond donors (Lipinski definition) is 1. The first-order valence-corrected chi connectivity index (χ1v) is 8.38. The molecule has 0 unspecified atom stereocenters. The Morgan fingerprint density at radius 2 is 2.00 bits per heavy atom. The molecule has 0 aliphatic rings. The molecule has 1 N–H and O–H groups in total. The predicted octanol–water partition coefficient (Wildman–Crippen LogP) is 5.48. The van der Waals surface area contributed by atoms with Gasteiger partial charge in [0, 0.05) is 20.6 Å². The van der Waals surface area contributed by atoms with Crippen LogP contribution in [0.5, 0.6) is 0 Å². The summed E-state index contributed by atoms with van der Waals surface area (Å²) in [6, 6.07) is 11.8. The van der Waals surface area contributed by atoms with Gasteiger partial charge in [-0.3, -0.25) is 14.9 Å². The van der Waals surface area contributed by atoms with Crippen molar-refractivity contribution in [3.8, 4) is 0 Å². The SMILES string of the molecule is O=C(Nc1ccc(Br)cc1[N+](=O)[O-])c1sc2ccccc2c1Cl. The Labute approximate surface area is 148 Å². The van der Waals surface area contributed by atoms with E-state index in [1.807, 2.05) is 24.3 Å². The molecule has 0 radical (unpaired) electrons. The molecule has 5 nitrogen and oxygen atoms in total. The summed E-state index contributed by atoms with van der Waals surface area (Å²) in [5.74, 6) is -0.471. The Hall–Kier alpha value is -1.96. The van der Waals surface area contributed by atoms with Gasteiger partial charge in [0.25, 0.3) is 11.6 Å². The monoisotopic (exact) mass is 410 g/mol. The molecule has 3 aromatic rings. The van der Waals surface area contributed by atoms with Gasteiger partial charge in [-0.1, -0.05) is 45.7 Å². The van der Waals surface area contributed by atoms with E-state index < -0.39 is 10.8 Å². The highest BCUT2D eigenvalue weighted by Gasteiger charge is 2.21. The van der Waals surface area contributed by atoms with Crippen LogP contribution in [0.4, 0.5) is 11.4 Å². The molecule has 8 heteroatoms. The Morgan fingerprint density at radius 1 is 1.26 bits per heavy atom. The average molecular weight is 412 g/mol. The zero-order chi connectivity index (χ0) is 16.6. The van der Waals surface area contributed by atoms with Gasteiger partial charge in [-0.15, -0.1) is 11.3 Å². The molecule has 3 rings (SSSR count). The number of nitrogens with zero attached hydrogens (tertiary/aromatic N) is 1. The van der Waals surface area contributed by atoms with Crippen molar-refractivity contribution in [1.82, 2.24) is 0 Å². The van der Waals surface area contributed by atoms with Crippen LogP contribution in [0.15, 0.2) is 46.9 Å². The van der Waals surface area contributed by atoms with Crippen molar-refractivity contribution in [2.45, 2.75) is 0 Å². The first-order chi connectivity index (χ1) is 11.0. The number of carbonyl (C=O) groups is 1. The minimum Gasteiger partial charge on any atom is -0.315 e. The van der Waals surface area contributed by atoms with Gasteiger partial charge < -0.3 is 5.32 Å². The number of nitro groups is 1. The topological polar surface area (TPSA) is 72.2 Å². The van der Waals surface area contributed by atoms with Gasteiger partial charge in [-0.25, -0.2) is 0 Å². The molecule has 1 heterocycles. The number of nitrogens with one attached hydrogen (secondary N) is 1. The number of halogens is 2. The number of benzene rings is 2. The molecule has 2 aromatic carbocycles. The third kappa shape index (κ3) is 3.08. The maximum absolute atomic E-state index is 12.4. The van der Waals surface area contributed by atoms with Crippen LogP contribution in [0, 0.1) is 10.1 Å². The molecule has 0 aliphatic heterocycles. The number of anilines is 1. The van der Waals surface area contributed by atoms with Crippen molar-refractivity contribution in [3.05, 3.63) is 67.0 Å². The van der Waals surface area contributed by atoms with Crippen molar-refractivity contribution in [2.75, 3.05) is 5.32 Å². The van der Waals surface area contributed by atoms with Gasteiger partial charge >= 0.3 is 0 Å². The van der Waals surface area contributed by atoms with E-state index in [1.165, 1.54) is 23.5 Å². The molecule has 0 aliphatic carbocycles. The predicted molar refractivity (Wildman–Crippen MR) is 95.6 cm³/mol. The van der Waals surface area contributed by atoms with Gasteiger partial charge in [-0.2, -0.15) is 0 Å². The van der Waals surface area contributed by atoms with Crippen LogP contribution in [0.3, 0.4) is 0 Å². The molecule has 0 fully saturated rings. The third-order valence-electron chi connectivity index (χ3n) is 3.15. The molecule has 0 bridgehead atoms. The largest absolute Gasteiger partial charge is 0.315 e. The summed E-state index contributed by atoms with van der Waals surface area (Å²) in [7, 11) is 0. The van der Waals surface area contributed by atoms with Gasteiger partial charge in [0.15, 0.2) is 0 Å². The molecule has 0 saturated carbocycles. The van der Waals surface area contributed by atoms with E-state index in [-0.39, 0.29) is 11.4 Å². The van der Waals surface area contributed by atoms with Crippen LogP contribution < -0.4 is 5.32 Å². The summed E-state index contributed by atoms with van der Waals surface area (Å²) in [4.78, 5) is 23.3. The van der Waals surface area contributed by atoms with Crippen molar-refractivity contribution < 1.29 is 9.72 Å². The third-order valence-corrected chi connectivity index (χ3v) is 5.31. The number of thiophene rings is 1. The van der Waals surface area contributed by atoms with Crippen molar-refractivity contribution in [3.63, 3.8) is 0 Å². The highest BCUT2D eigenvalue weighted by Crippen LogP contribution is 2.36. The second kappa shape index (κ2) is 6.27. The van der Waals surface area contributed by atoms with Crippen LogP contribution in [0.25, 0.3) is 10.1 Å². The van der Waals surface area contributed by atoms with Crippen LogP contribution in [-0.2, 0) is 0 Å². The first kappa shape index (κ1) is 15.9. The van der Waals surface area contributed by atoms with Crippen molar-refractivity contribution in [2.24, 2.45) is 0 Å². The second-order valence-corrected chi connectivity index (χ2v) is 6.96. The first-order valence-electron chi connectivity index (χ1n) is 6.39. The molecular formula is C15H8BrClN2O3S. The van der Waals surface area contributed by atoms with E-state index in [1.54, 1.807) is 6.07 Å². The summed E-state index contributed by atoms with van der Waals surface area (Å²) < 4.78 is 1.44. The normalized spacial score (nSPS) is 10.7. The number of rotatable bonds is 3.